The first-order valence-electron chi connectivity index (χ1n) is 18.8. The van der Waals surface area contributed by atoms with E-state index in [4.69, 9.17) is 23.3 Å². The largest absolute Gasteiger partial charge is 0.479 e. The van der Waals surface area contributed by atoms with Gasteiger partial charge in [-0.05, 0) is 105 Å². The monoisotopic (exact) mass is 852 g/mol. The van der Waals surface area contributed by atoms with Crippen molar-refractivity contribution in [3.8, 4) is 45.2 Å². The number of rotatable bonds is 12. The van der Waals surface area contributed by atoms with Gasteiger partial charge in [0, 0.05) is 22.7 Å². The molecule has 1 saturated carbocycles. The zero-order chi connectivity index (χ0) is 39.0. The summed E-state index contributed by atoms with van der Waals surface area (Å²) in [5.41, 5.74) is 7.37. The van der Waals surface area contributed by atoms with E-state index in [2.05, 4.69) is 88.2 Å². The summed E-state index contributed by atoms with van der Waals surface area (Å²) in [5, 5.41) is 9.33. The number of hydrogen-bond donors (Lipinski definition) is 1. The van der Waals surface area contributed by atoms with Crippen LogP contribution in [0.2, 0.25) is 0 Å². The van der Waals surface area contributed by atoms with Gasteiger partial charge >= 0.3 is 5.97 Å². The molecule has 0 amide bonds. The Morgan fingerprint density at radius 1 is 0.764 bits per heavy atom. The van der Waals surface area contributed by atoms with Gasteiger partial charge in [-0.15, -0.1) is 0 Å². The molecule has 1 aliphatic rings. The lowest BCUT2D eigenvalue weighted by Crippen LogP contribution is -2.37. The predicted octanol–water partition coefficient (Wildman–Crippen LogP) is 11.9. The summed E-state index contributed by atoms with van der Waals surface area (Å²) < 4.78 is 24.4. The standard InChI is InChI=1S/C29H35NO5.C17H14INO/c1-19-25(26(33-4)24-12-8-9-20(17-24)18-34-29(2,3)28(31)32)30-27(35-19)23-15-13-22(14-16-23)21-10-6-5-7-11-21;1-12-16(11-18)19-17(20-12)15-9-7-14(8-10-15)13-5-3-2-4-6-13/h5-7,10-11,13-16,20,24,26H,8-9,12,17-18H2,1-4H3,(H,31,32);2-10H,11H2,1H3/t20-,24+,26?;/m1./s1. The minimum Gasteiger partial charge on any atom is -0.479 e. The first-order valence-corrected chi connectivity index (χ1v) is 20.3. The SMILES string of the molecule is COC(c1nc(-c2ccc(-c3ccccc3)cc2)oc1C)[C@H]1CCC[C@@H](COC(C)(C)C(=O)O)C1.Cc1oc(-c2ccc(-c3ccccc3)cc2)nc1CI. The molecule has 4 aromatic carbocycles. The third kappa shape index (κ3) is 10.00. The molecule has 3 atom stereocenters. The molecule has 7 rings (SSSR count). The van der Waals surface area contributed by atoms with Crippen LogP contribution in [0, 0.1) is 25.7 Å². The number of oxazole rings is 2. The number of aromatic nitrogens is 2. The molecule has 0 bridgehead atoms. The average molecular weight is 853 g/mol. The van der Waals surface area contributed by atoms with E-state index in [0.29, 0.717) is 24.3 Å². The lowest BCUT2D eigenvalue weighted by atomic mass is 9.78. The highest BCUT2D eigenvalue weighted by Gasteiger charge is 2.35. The van der Waals surface area contributed by atoms with Crippen LogP contribution in [-0.4, -0.2) is 40.4 Å². The fourth-order valence-electron chi connectivity index (χ4n) is 7.02. The van der Waals surface area contributed by atoms with Crippen LogP contribution < -0.4 is 0 Å². The molecule has 1 aliphatic carbocycles. The molecule has 0 spiro atoms. The van der Waals surface area contributed by atoms with Crippen LogP contribution in [0.4, 0.5) is 0 Å². The normalized spacial score (nSPS) is 16.3. The Bertz CT molecular complexity index is 2130. The summed E-state index contributed by atoms with van der Waals surface area (Å²) in [6.45, 7) is 7.53. The van der Waals surface area contributed by atoms with Crippen molar-refractivity contribution in [3.05, 3.63) is 132 Å². The van der Waals surface area contributed by atoms with Crippen molar-refractivity contribution in [2.24, 2.45) is 11.8 Å². The van der Waals surface area contributed by atoms with Gasteiger partial charge in [-0.1, -0.05) is 114 Å². The zero-order valence-electron chi connectivity index (χ0n) is 32.1. The van der Waals surface area contributed by atoms with Gasteiger partial charge in [0.25, 0.3) is 0 Å². The second-order valence-corrected chi connectivity index (χ2v) is 15.3. The number of alkyl halides is 1. The third-order valence-corrected chi connectivity index (χ3v) is 11.0. The minimum atomic E-state index is -1.18. The van der Waals surface area contributed by atoms with Crippen LogP contribution in [-0.2, 0) is 18.7 Å². The number of carboxylic acids is 1. The minimum absolute atomic E-state index is 0.175. The number of hydrogen-bond acceptors (Lipinski definition) is 7. The number of methoxy groups -OCH3 is 1. The molecule has 6 aromatic rings. The lowest BCUT2D eigenvalue weighted by molar-refractivity contribution is -0.163. The van der Waals surface area contributed by atoms with E-state index >= 15 is 0 Å². The van der Waals surface area contributed by atoms with Crippen LogP contribution in [0.3, 0.4) is 0 Å². The van der Waals surface area contributed by atoms with Crippen molar-refractivity contribution in [1.29, 1.82) is 0 Å². The molecule has 8 nitrogen and oxygen atoms in total. The summed E-state index contributed by atoms with van der Waals surface area (Å²) >= 11 is 2.30. The molecule has 55 heavy (non-hydrogen) atoms. The summed E-state index contributed by atoms with van der Waals surface area (Å²) in [4.78, 5) is 20.8. The van der Waals surface area contributed by atoms with Gasteiger partial charge in [-0.2, -0.15) is 0 Å². The first kappa shape index (κ1) is 40.1. The van der Waals surface area contributed by atoms with Gasteiger partial charge in [-0.25, -0.2) is 14.8 Å². The van der Waals surface area contributed by atoms with Crippen LogP contribution in [0.15, 0.2) is 118 Å². The number of ether oxygens (including phenoxy) is 2. The van der Waals surface area contributed by atoms with E-state index in [0.717, 1.165) is 69.7 Å². The Morgan fingerprint density at radius 2 is 1.25 bits per heavy atom. The first-order chi connectivity index (χ1) is 26.6. The molecule has 0 aliphatic heterocycles. The van der Waals surface area contributed by atoms with E-state index < -0.39 is 11.6 Å². The van der Waals surface area contributed by atoms with Crippen molar-refractivity contribution >= 4 is 28.6 Å². The van der Waals surface area contributed by atoms with E-state index in [-0.39, 0.29) is 12.0 Å². The Morgan fingerprint density at radius 3 is 1.75 bits per heavy atom. The van der Waals surface area contributed by atoms with Crippen LogP contribution >= 0.6 is 22.6 Å². The smallest absolute Gasteiger partial charge is 0.335 e. The highest BCUT2D eigenvalue weighted by Crippen LogP contribution is 2.41. The number of halogens is 1. The lowest BCUT2D eigenvalue weighted by Gasteiger charge is -2.34. The van der Waals surface area contributed by atoms with Crippen molar-refractivity contribution < 1.29 is 28.2 Å². The summed E-state index contributed by atoms with van der Waals surface area (Å²) in [7, 11) is 1.72. The number of carbonyl (C=O) groups is 1. The van der Waals surface area contributed by atoms with Gasteiger partial charge < -0.3 is 23.4 Å². The molecule has 2 aromatic heterocycles. The van der Waals surface area contributed by atoms with Crippen molar-refractivity contribution in [2.45, 2.75) is 69.5 Å². The maximum absolute atomic E-state index is 11.4. The second-order valence-electron chi connectivity index (χ2n) is 14.6. The van der Waals surface area contributed by atoms with E-state index in [1.807, 2.05) is 62.4 Å². The number of aryl methyl sites for hydroxylation is 2. The van der Waals surface area contributed by atoms with Crippen molar-refractivity contribution in [1.82, 2.24) is 9.97 Å². The Balaban J connectivity index is 0.000000217. The predicted molar refractivity (Wildman–Crippen MR) is 225 cm³/mol. The second kappa shape index (κ2) is 18.4. The number of nitrogens with zero attached hydrogens (tertiary/aromatic N) is 2. The summed E-state index contributed by atoms with van der Waals surface area (Å²) in [5.74, 6) is 2.59. The van der Waals surface area contributed by atoms with Crippen LogP contribution in [0.25, 0.3) is 45.2 Å². The quantitative estimate of drug-likeness (QED) is 0.0958. The number of benzene rings is 4. The molecular formula is C46H49IN2O6. The van der Waals surface area contributed by atoms with Crippen molar-refractivity contribution in [2.75, 3.05) is 13.7 Å². The topological polar surface area (TPSA) is 108 Å². The van der Waals surface area contributed by atoms with E-state index in [1.54, 1.807) is 21.0 Å². The molecule has 0 radical (unpaired) electrons. The molecule has 1 fully saturated rings. The average Bonchev–Trinajstić information content (AvgIpc) is 3.80. The van der Waals surface area contributed by atoms with Gasteiger partial charge in [-0.3, -0.25) is 0 Å². The summed E-state index contributed by atoms with van der Waals surface area (Å²) in [6.07, 6.45) is 3.84. The van der Waals surface area contributed by atoms with Crippen molar-refractivity contribution in [3.63, 3.8) is 0 Å². The Hall–Kier alpha value is -4.58. The Labute approximate surface area is 337 Å². The molecule has 9 heteroatoms. The number of aliphatic carboxylic acids is 1. The number of carboxylic acid groups (broad SMARTS) is 1. The van der Waals surface area contributed by atoms with E-state index in [9.17, 15) is 9.90 Å². The molecule has 0 saturated heterocycles. The molecule has 1 N–H and O–H groups in total. The molecular weight excluding hydrogens is 803 g/mol. The zero-order valence-corrected chi connectivity index (χ0v) is 34.3. The highest BCUT2D eigenvalue weighted by atomic mass is 127. The van der Waals surface area contributed by atoms with Crippen LogP contribution in [0.5, 0.6) is 0 Å². The van der Waals surface area contributed by atoms with Crippen LogP contribution in [0.1, 0.15) is 68.5 Å². The van der Waals surface area contributed by atoms with Gasteiger partial charge in [0.15, 0.2) is 5.60 Å². The fraction of sp³-hybridized carbons (Fsp3) is 0.326. The fourth-order valence-corrected chi connectivity index (χ4v) is 7.72. The third-order valence-electron chi connectivity index (χ3n) is 10.3. The molecule has 2 heterocycles. The maximum atomic E-state index is 11.4. The molecule has 286 valence electrons. The van der Waals surface area contributed by atoms with Gasteiger partial charge in [0.2, 0.25) is 11.8 Å². The van der Waals surface area contributed by atoms with E-state index in [1.165, 1.54) is 16.7 Å². The Kier molecular flexibility index (Phi) is 13.4. The van der Waals surface area contributed by atoms with Gasteiger partial charge in [0.05, 0.1) is 12.3 Å². The highest BCUT2D eigenvalue weighted by molar-refractivity contribution is 14.1. The van der Waals surface area contributed by atoms with Gasteiger partial charge in [0.1, 0.15) is 23.3 Å². The maximum Gasteiger partial charge on any atom is 0.335 e. The molecule has 1 unspecified atom stereocenters. The summed E-state index contributed by atoms with van der Waals surface area (Å²) in [6, 6.07) is 37.2.